The Bertz CT molecular complexity index is 572. The summed E-state index contributed by atoms with van der Waals surface area (Å²) in [5.74, 6) is 0.683. The highest BCUT2D eigenvalue weighted by Crippen LogP contribution is 2.20. The lowest BCUT2D eigenvalue weighted by Gasteiger charge is -2.35. The second kappa shape index (κ2) is 6.74. The number of rotatable bonds is 7. The maximum absolute atomic E-state index is 12.5. The first-order chi connectivity index (χ1) is 9.65. The Hall–Kier alpha value is -1.15. The second-order valence-electron chi connectivity index (χ2n) is 5.55. The van der Waals surface area contributed by atoms with Gasteiger partial charge in [-0.05, 0) is 31.5 Å². The summed E-state index contributed by atoms with van der Waals surface area (Å²) in [7, 11) is 0.884. The van der Waals surface area contributed by atoms with Gasteiger partial charge in [0.2, 0.25) is 0 Å². The molecule has 0 bridgehead atoms. The molecule has 1 N–H and O–H groups in total. The highest BCUT2D eigenvalue weighted by Gasteiger charge is 2.35. The summed E-state index contributed by atoms with van der Waals surface area (Å²) >= 11 is 0. The number of likely N-dealkylation sites (N-methyl/N-ethyl adjacent to an activating group) is 1. The Morgan fingerprint density at radius 2 is 1.90 bits per heavy atom. The first kappa shape index (κ1) is 17.9. The zero-order chi connectivity index (χ0) is 16.3. The quantitative estimate of drug-likeness (QED) is 0.817. The normalized spacial score (nSPS) is 13.0. The predicted octanol–water partition coefficient (Wildman–Crippen LogP) is 1.07. The standard InChI is InChI=1S/C14H24N2O4S/c1-14(2,11-17)16(4)21(18,19)15(3)10-12-7-6-8-13(9-12)20-5/h6-9,17H,10-11H2,1-5H3. The molecular weight excluding hydrogens is 292 g/mol. The van der Waals surface area contributed by atoms with Crippen molar-refractivity contribution in [3.05, 3.63) is 29.8 Å². The smallest absolute Gasteiger partial charge is 0.282 e. The van der Waals surface area contributed by atoms with Crippen LogP contribution in [0.3, 0.4) is 0 Å². The SMILES string of the molecule is COc1cccc(CN(C)S(=O)(=O)N(C)C(C)(C)CO)c1. The summed E-state index contributed by atoms with van der Waals surface area (Å²) in [5, 5.41) is 9.33. The Balaban J connectivity index is 2.94. The Morgan fingerprint density at radius 3 is 2.43 bits per heavy atom. The van der Waals surface area contributed by atoms with Gasteiger partial charge in [-0.15, -0.1) is 0 Å². The predicted molar refractivity (Wildman–Crippen MR) is 82.3 cm³/mol. The fraction of sp³-hybridized carbons (Fsp3) is 0.571. The molecule has 0 aromatic heterocycles. The molecule has 0 saturated carbocycles. The molecule has 1 aromatic carbocycles. The van der Waals surface area contributed by atoms with Crippen molar-refractivity contribution >= 4 is 10.2 Å². The number of benzene rings is 1. The molecule has 0 saturated heterocycles. The van der Waals surface area contributed by atoms with E-state index >= 15 is 0 Å². The van der Waals surface area contributed by atoms with Crippen LogP contribution in [0.2, 0.25) is 0 Å². The Kier molecular flexibility index (Phi) is 5.75. The van der Waals surface area contributed by atoms with Crippen LogP contribution in [0.1, 0.15) is 19.4 Å². The van der Waals surface area contributed by atoms with Crippen LogP contribution in [0.5, 0.6) is 5.75 Å². The van der Waals surface area contributed by atoms with Crippen molar-refractivity contribution < 1.29 is 18.3 Å². The van der Waals surface area contributed by atoms with E-state index in [9.17, 15) is 13.5 Å². The lowest BCUT2D eigenvalue weighted by molar-refractivity contribution is 0.132. The lowest BCUT2D eigenvalue weighted by atomic mass is 10.1. The van der Waals surface area contributed by atoms with Gasteiger partial charge in [0.1, 0.15) is 5.75 Å². The largest absolute Gasteiger partial charge is 0.497 e. The van der Waals surface area contributed by atoms with Crippen LogP contribution in [-0.2, 0) is 16.8 Å². The molecule has 0 aliphatic rings. The minimum Gasteiger partial charge on any atom is -0.497 e. The summed E-state index contributed by atoms with van der Waals surface area (Å²) in [6, 6.07) is 7.25. The van der Waals surface area contributed by atoms with Crippen LogP contribution in [-0.4, -0.2) is 55.5 Å². The van der Waals surface area contributed by atoms with Gasteiger partial charge < -0.3 is 9.84 Å². The Morgan fingerprint density at radius 1 is 1.29 bits per heavy atom. The summed E-state index contributed by atoms with van der Waals surface area (Å²) in [4.78, 5) is 0. The molecule has 21 heavy (non-hydrogen) atoms. The average Bonchev–Trinajstić information content (AvgIpc) is 2.46. The molecule has 0 unspecified atom stereocenters. The number of aliphatic hydroxyl groups excluding tert-OH is 1. The van der Waals surface area contributed by atoms with E-state index in [4.69, 9.17) is 4.74 Å². The van der Waals surface area contributed by atoms with Gasteiger partial charge in [-0.3, -0.25) is 0 Å². The highest BCUT2D eigenvalue weighted by molar-refractivity contribution is 7.86. The van der Waals surface area contributed by atoms with Crippen LogP contribution in [0.25, 0.3) is 0 Å². The van der Waals surface area contributed by atoms with Crippen molar-refractivity contribution in [2.75, 3.05) is 27.8 Å². The fourth-order valence-corrected chi connectivity index (χ4v) is 3.14. The maximum atomic E-state index is 12.5. The maximum Gasteiger partial charge on any atom is 0.282 e. The number of hydrogen-bond acceptors (Lipinski definition) is 4. The van der Waals surface area contributed by atoms with E-state index in [-0.39, 0.29) is 13.2 Å². The summed E-state index contributed by atoms with van der Waals surface area (Å²) < 4.78 is 32.6. The van der Waals surface area contributed by atoms with E-state index in [1.165, 1.54) is 22.7 Å². The van der Waals surface area contributed by atoms with Gasteiger partial charge in [0.25, 0.3) is 10.2 Å². The molecule has 7 heteroatoms. The van der Waals surface area contributed by atoms with Crippen LogP contribution >= 0.6 is 0 Å². The van der Waals surface area contributed by atoms with Gasteiger partial charge in [-0.25, -0.2) is 0 Å². The van der Waals surface area contributed by atoms with E-state index in [0.29, 0.717) is 5.75 Å². The van der Waals surface area contributed by atoms with Crippen molar-refractivity contribution in [2.24, 2.45) is 0 Å². The van der Waals surface area contributed by atoms with Gasteiger partial charge in [0, 0.05) is 20.6 Å². The molecular formula is C14H24N2O4S. The van der Waals surface area contributed by atoms with E-state index in [0.717, 1.165) is 5.56 Å². The molecule has 1 aromatic rings. The Labute approximate surface area is 127 Å². The number of aliphatic hydroxyl groups is 1. The molecule has 6 nitrogen and oxygen atoms in total. The van der Waals surface area contributed by atoms with Gasteiger partial charge in [-0.2, -0.15) is 17.0 Å². The van der Waals surface area contributed by atoms with Crippen molar-refractivity contribution in [1.82, 2.24) is 8.61 Å². The van der Waals surface area contributed by atoms with Crippen LogP contribution in [0.15, 0.2) is 24.3 Å². The minimum absolute atomic E-state index is 0.228. The average molecular weight is 316 g/mol. The van der Waals surface area contributed by atoms with Gasteiger partial charge in [-0.1, -0.05) is 12.1 Å². The molecule has 0 amide bonds. The van der Waals surface area contributed by atoms with Crippen LogP contribution in [0, 0.1) is 0 Å². The first-order valence-electron chi connectivity index (χ1n) is 6.59. The zero-order valence-electron chi connectivity index (χ0n) is 13.2. The molecule has 0 spiro atoms. The van der Waals surface area contributed by atoms with Crippen molar-refractivity contribution in [3.8, 4) is 5.75 Å². The third-order valence-electron chi connectivity index (χ3n) is 3.52. The van der Waals surface area contributed by atoms with Crippen molar-refractivity contribution in [2.45, 2.75) is 25.9 Å². The highest BCUT2D eigenvalue weighted by atomic mass is 32.2. The summed E-state index contributed by atoms with van der Waals surface area (Å²) in [5.41, 5.74) is -0.0304. The minimum atomic E-state index is -3.66. The third-order valence-corrected chi connectivity index (χ3v) is 5.62. The lowest BCUT2D eigenvalue weighted by Crippen LogP contribution is -2.52. The molecule has 120 valence electrons. The second-order valence-corrected chi connectivity index (χ2v) is 7.62. The molecule has 0 atom stereocenters. The fourth-order valence-electron chi connectivity index (χ4n) is 1.73. The van der Waals surface area contributed by atoms with E-state index in [1.807, 2.05) is 12.1 Å². The number of methoxy groups -OCH3 is 1. The molecule has 1 rings (SSSR count). The van der Waals surface area contributed by atoms with Crippen LogP contribution < -0.4 is 4.74 Å². The molecule has 0 fully saturated rings. The van der Waals surface area contributed by atoms with Gasteiger partial charge >= 0.3 is 0 Å². The van der Waals surface area contributed by atoms with E-state index in [2.05, 4.69) is 0 Å². The number of nitrogens with zero attached hydrogens (tertiary/aromatic N) is 2. The number of hydrogen-bond donors (Lipinski definition) is 1. The van der Waals surface area contributed by atoms with E-state index in [1.54, 1.807) is 33.1 Å². The molecule has 0 aliphatic carbocycles. The topological polar surface area (TPSA) is 70.1 Å². The summed E-state index contributed by atoms with van der Waals surface area (Å²) in [6.45, 7) is 3.31. The first-order valence-corrected chi connectivity index (χ1v) is 7.99. The zero-order valence-corrected chi connectivity index (χ0v) is 14.0. The van der Waals surface area contributed by atoms with Gasteiger partial charge in [0.05, 0.1) is 19.3 Å². The molecule has 0 radical (unpaired) electrons. The van der Waals surface area contributed by atoms with Crippen molar-refractivity contribution in [3.63, 3.8) is 0 Å². The number of ether oxygens (including phenoxy) is 1. The molecule has 0 aliphatic heterocycles. The van der Waals surface area contributed by atoms with E-state index < -0.39 is 15.7 Å². The third kappa shape index (κ3) is 4.16. The molecule has 0 heterocycles. The van der Waals surface area contributed by atoms with Crippen molar-refractivity contribution in [1.29, 1.82) is 0 Å². The summed E-state index contributed by atoms with van der Waals surface area (Å²) in [6.07, 6.45) is 0. The van der Waals surface area contributed by atoms with Gasteiger partial charge in [0.15, 0.2) is 0 Å². The van der Waals surface area contributed by atoms with Crippen LogP contribution in [0.4, 0.5) is 0 Å². The monoisotopic (exact) mass is 316 g/mol.